The summed E-state index contributed by atoms with van der Waals surface area (Å²) in [5, 5.41) is 2.90. The van der Waals surface area contributed by atoms with E-state index in [9.17, 15) is 9.59 Å². The van der Waals surface area contributed by atoms with Crippen molar-refractivity contribution in [2.45, 2.75) is 31.7 Å². The number of nitrogens with zero attached hydrogens (tertiary/aromatic N) is 1. The van der Waals surface area contributed by atoms with E-state index in [-0.39, 0.29) is 17.9 Å². The van der Waals surface area contributed by atoms with Crippen molar-refractivity contribution in [3.05, 3.63) is 35.4 Å². The molecule has 2 amide bonds. The zero-order chi connectivity index (χ0) is 13.2. The highest BCUT2D eigenvalue weighted by molar-refractivity contribution is 5.99. The maximum Gasteiger partial charge on any atom is 0.252 e. The number of carbonyl (C=O) groups is 2. The Balaban J connectivity index is 1.71. The van der Waals surface area contributed by atoms with E-state index >= 15 is 0 Å². The summed E-state index contributed by atoms with van der Waals surface area (Å²) in [5.41, 5.74) is 1.66. The minimum absolute atomic E-state index is 0.0629. The third-order valence-electron chi connectivity index (χ3n) is 3.97. The average molecular weight is 258 g/mol. The van der Waals surface area contributed by atoms with Crippen molar-refractivity contribution in [2.24, 2.45) is 0 Å². The van der Waals surface area contributed by atoms with Gasteiger partial charge in [-0.25, -0.2) is 0 Å². The van der Waals surface area contributed by atoms with Gasteiger partial charge < -0.3 is 10.2 Å². The lowest BCUT2D eigenvalue weighted by Gasteiger charge is -2.27. The van der Waals surface area contributed by atoms with Crippen molar-refractivity contribution in [3.8, 4) is 0 Å². The second-order valence-electron chi connectivity index (χ2n) is 5.26. The molecule has 3 rings (SSSR count). The van der Waals surface area contributed by atoms with Gasteiger partial charge in [0.05, 0.1) is 12.5 Å². The number of fused-ring (bicyclic) bond motifs is 1. The lowest BCUT2D eigenvalue weighted by molar-refractivity contribution is -0.132. The zero-order valence-electron chi connectivity index (χ0n) is 10.9. The minimum Gasteiger partial charge on any atom is -0.345 e. The molecule has 1 unspecified atom stereocenters. The summed E-state index contributed by atoms with van der Waals surface area (Å²) in [6.07, 6.45) is 3.79. The maximum atomic E-state index is 12.2. The van der Waals surface area contributed by atoms with Crippen LogP contribution in [0.5, 0.6) is 0 Å². The average Bonchev–Trinajstić information content (AvgIpc) is 2.77. The van der Waals surface area contributed by atoms with E-state index in [1.165, 1.54) is 6.42 Å². The van der Waals surface area contributed by atoms with Crippen LogP contribution in [-0.4, -0.2) is 29.8 Å². The molecule has 0 bridgehead atoms. The van der Waals surface area contributed by atoms with Crippen molar-refractivity contribution in [1.29, 1.82) is 0 Å². The molecule has 4 heteroatoms. The summed E-state index contributed by atoms with van der Waals surface area (Å²) in [7, 11) is 0. The molecule has 4 nitrogen and oxygen atoms in total. The van der Waals surface area contributed by atoms with E-state index in [0.29, 0.717) is 12.0 Å². The molecule has 0 aliphatic carbocycles. The largest absolute Gasteiger partial charge is 0.345 e. The second kappa shape index (κ2) is 5.03. The molecule has 1 saturated heterocycles. The van der Waals surface area contributed by atoms with Crippen LogP contribution in [0.4, 0.5) is 0 Å². The summed E-state index contributed by atoms with van der Waals surface area (Å²) in [6.45, 7) is 1.72. The Bertz CT molecular complexity index is 507. The van der Waals surface area contributed by atoms with Gasteiger partial charge in [-0.05, 0) is 30.9 Å². The van der Waals surface area contributed by atoms with Gasteiger partial charge in [-0.3, -0.25) is 9.59 Å². The molecular formula is C15H18N2O2. The molecule has 1 aromatic rings. The number of likely N-dealkylation sites (tertiary alicyclic amines) is 1. The molecule has 0 saturated carbocycles. The molecule has 1 fully saturated rings. The molecule has 0 aromatic heterocycles. The number of benzene rings is 1. The van der Waals surface area contributed by atoms with Gasteiger partial charge in [0.1, 0.15) is 0 Å². The molecule has 1 atom stereocenters. The number of rotatable bonds is 2. The summed E-state index contributed by atoms with van der Waals surface area (Å²) >= 11 is 0. The fourth-order valence-corrected chi connectivity index (χ4v) is 2.93. The molecule has 2 aliphatic rings. The van der Waals surface area contributed by atoms with Gasteiger partial charge in [-0.15, -0.1) is 0 Å². The van der Waals surface area contributed by atoms with Crippen molar-refractivity contribution < 1.29 is 9.59 Å². The molecule has 19 heavy (non-hydrogen) atoms. The first-order valence-corrected chi connectivity index (χ1v) is 6.93. The van der Waals surface area contributed by atoms with Crippen LogP contribution < -0.4 is 5.32 Å². The number of nitrogens with one attached hydrogen (secondary N) is 1. The van der Waals surface area contributed by atoms with E-state index in [1.54, 1.807) is 0 Å². The van der Waals surface area contributed by atoms with Gasteiger partial charge in [0.25, 0.3) is 5.91 Å². The van der Waals surface area contributed by atoms with E-state index in [2.05, 4.69) is 5.32 Å². The number of piperidine rings is 1. The normalized spacial score (nSPS) is 22.0. The van der Waals surface area contributed by atoms with Crippen LogP contribution in [0.1, 0.15) is 47.6 Å². The lowest BCUT2D eigenvalue weighted by Crippen LogP contribution is -2.37. The van der Waals surface area contributed by atoms with Gasteiger partial charge in [-0.1, -0.05) is 18.2 Å². The molecule has 100 valence electrons. The van der Waals surface area contributed by atoms with Crippen LogP contribution in [0.2, 0.25) is 0 Å². The van der Waals surface area contributed by atoms with Crippen LogP contribution in [0.15, 0.2) is 24.3 Å². The highest BCUT2D eigenvalue weighted by Gasteiger charge is 2.31. The third kappa shape index (κ3) is 2.35. The summed E-state index contributed by atoms with van der Waals surface area (Å²) in [4.78, 5) is 26.0. The highest BCUT2D eigenvalue weighted by Crippen LogP contribution is 2.28. The van der Waals surface area contributed by atoms with Crippen molar-refractivity contribution in [2.75, 3.05) is 13.1 Å². The van der Waals surface area contributed by atoms with E-state index < -0.39 is 0 Å². The topological polar surface area (TPSA) is 49.4 Å². The standard InChI is InChI=1S/C15H18N2O2/c18-14(17-8-4-1-5-9-17)10-13-11-6-2-3-7-12(11)15(19)16-13/h2-3,6-7,13H,1,4-5,8-10H2,(H,16,19). The van der Waals surface area contributed by atoms with Crippen LogP contribution >= 0.6 is 0 Å². The number of hydrogen-bond acceptors (Lipinski definition) is 2. The molecule has 0 spiro atoms. The second-order valence-corrected chi connectivity index (χ2v) is 5.26. The van der Waals surface area contributed by atoms with Crippen molar-refractivity contribution >= 4 is 11.8 Å². The third-order valence-corrected chi connectivity index (χ3v) is 3.97. The maximum absolute atomic E-state index is 12.2. The predicted molar refractivity (Wildman–Crippen MR) is 71.7 cm³/mol. The van der Waals surface area contributed by atoms with Crippen LogP contribution in [0.3, 0.4) is 0 Å². The van der Waals surface area contributed by atoms with E-state index in [0.717, 1.165) is 31.5 Å². The van der Waals surface area contributed by atoms with Gasteiger partial charge >= 0.3 is 0 Å². The van der Waals surface area contributed by atoms with Gasteiger partial charge in [0.15, 0.2) is 0 Å². The van der Waals surface area contributed by atoms with Gasteiger partial charge in [0.2, 0.25) is 5.91 Å². The fourth-order valence-electron chi connectivity index (χ4n) is 2.93. The first kappa shape index (κ1) is 12.2. The predicted octanol–water partition coefficient (Wildman–Crippen LogP) is 1.87. The van der Waals surface area contributed by atoms with Crippen molar-refractivity contribution in [1.82, 2.24) is 10.2 Å². The van der Waals surface area contributed by atoms with Gasteiger partial charge in [-0.2, -0.15) is 0 Å². The van der Waals surface area contributed by atoms with Crippen LogP contribution in [0, 0.1) is 0 Å². The lowest BCUT2D eigenvalue weighted by atomic mass is 10.0. The monoisotopic (exact) mass is 258 g/mol. The minimum atomic E-state index is -0.155. The highest BCUT2D eigenvalue weighted by atomic mass is 16.2. The van der Waals surface area contributed by atoms with Crippen LogP contribution in [0.25, 0.3) is 0 Å². The fraction of sp³-hybridized carbons (Fsp3) is 0.467. The summed E-state index contributed by atoms with van der Waals surface area (Å²) < 4.78 is 0. The summed E-state index contributed by atoms with van der Waals surface area (Å²) in [6, 6.07) is 7.36. The van der Waals surface area contributed by atoms with E-state index in [4.69, 9.17) is 0 Å². The Hall–Kier alpha value is -1.84. The Morgan fingerprint density at radius 2 is 1.95 bits per heavy atom. The molecule has 0 radical (unpaired) electrons. The Morgan fingerprint density at radius 1 is 1.21 bits per heavy atom. The number of hydrogen-bond donors (Lipinski definition) is 1. The van der Waals surface area contributed by atoms with E-state index in [1.807, 2.05) is 29.2 Å². The SMILES string of the molecule is O=C1NC(CC(=O)N2CCCCC2)c2ccccc21. The van der Waals surface area contributed by atoms with Crippen LogP contribution in [-0.2, 0) is 4.79 Å². The first-order chi connectivity index (χ1) is 9.25. The van der Waals surface area contributed by atoms with Gasteiger partial charge in [0, 0.05) is 18.7 Å². The molecule has 1 aromatic carbocycles. The molecule has 2 heterocycles. The molecular weight excluding hydrogens is 240 g/mol. The number of amides is 2. The Labute approximate surface area is 112 Å². The van der Waals surface area contributed by atoms with Crippen molar-refractivity contribution in [3.63, 3.8) is 0 Å². The Morgan fingerprint density at radius 3 is 2.74 bits per heavy atom. The first-order valence-electron chi connectivity index (χ1n) is 6.93. The number of carbonyl (C=O) groups excluding carboxylic acids is 2. The Kier molecular flexibility index (Phi) is 3.23. The molecule has 2 aliphatic heterocycles. The smallest absolute Gasteiger partial charge is 0.252 e. The quantitative estimate of drug-likeness (QED) is 0.880. The summed E-state index contributed by atoms with van der Waals surface area (Å²) in [5.74, 6) is 0.0914. The molecule has 1 N–H and O–H groups in total. The zero-order valence-corrected chi connectivity index (χ0v) is 10.9.